The summed E-state index contributed by atoms with van der Waals surface area (Å²) in [6, 6.07) is 9.96. The predicted octanol–water partition coefficient (Wildman–Crippen LogP) is 1.87. The van der Waals surface area contributed by atoms with Crippen LogP contribution in [0.1, 0.15) is 9.67 Å². The molecule has 0 atom stereocenters. The third kappa shape index (κ3) is 4.02. The Balaban J connectivity index is 1.79. The van der Waals surface area contributed by atoms with Gasteiger partial charge in [-0.3, -0.25) is 4.79 Å². The van der Waals surface area contributed by atoms with Crippen LogP contribution in [0.5, 0.6) is 0 Å². The van der Waals surface area contributed by atoms with Crippen molar-refractivity contribution in [3.05, 3.63) is 35.2 Å². The van der Waals surface area contributed by atoms with Gasteiger partial charge in [-0.05, 0) is 17.5 Å². The summed E-state index contributed by atoms with van der Waals surface area (Å²) in [5, 5.41) is 7.21. The number of amides is 1. The highest BCUT2D eigenvalue weighted by atomic mass is 32.1. The van der Waals surface area contributed by atoms with Gasteiger partial charge in [-0.15, -0.1) is 11.3 Å². The molecule has 102 valence electrons. The molecule has 0 spiro atoms. The fourth-order valence-corrected chi connectivity index (χ4v) is 2.72. The Hall–Kier alpha value is -1.43. The van der Waals surface area contributed by atoms with Gasteiger partial charge in [-0.2, -0.15) is 0 Å². The summed E-state index contributed by atoms with van der Waals surface area (Å²) in [7, 11) is 1.67. The first-order valence-electron chi connectivity index (χ1n) is 6.27. The monoisotopic (exact) mass is 278 g/mol. The van der Waals surface area contributed by atoms with Crippen molar-refractivity contribution >= 4 is 27.3 Å². The molecule has 0 bridgehead atoms. The lowest BCUT2D eigenvalue weighted by atomic mass is 10.2. The Kier molecular flexibility index (Phi) is 5.32. The number of ether oxygens (including phenoxy) is 1. The number of fused-ring (bicyclic) bond motifs is 1. The maximum absolute atomic E-state index is 12.0. The zero-order valence-electron chi connectivity index (χ0n) is 10.9. The SMILES string of the molecule is COCCNCCNC(=O)c1cc2ccccc2s1. The molecule has 1 heterocycles. The van der Waals surface area contributed by atoms with Gasteiger partial charge in [0.25, 0.3) is 5.91 Å². The number of methoxy groups -OCH3 is 1. The molecule has 0 aliphatic carbocycles. The van der Waals surface area contributed by atoms with E-state index < -0.39 is 0 Å². The van der Waals surface area contributed by atoms with Crippen LogP contribution in [0.3, 0.4) is 0 Å². The molecule has 5 heteroatoms. The van der Waals surface area contributed by atoms with Crippen LogP contribution in [0, 0.1) is 0 Å². The van der Waals surface area contributed by atoms with Crippen LogP contribution in [0.4, 0.5) is 0 Å². The summed E-state index contributed by atoms with van der Waals surface area (Å²) in [5.41, 5.74) is 0. The van der Waals surface area contributed by atoms with E-state index in [1.54, 1.807) is 7.11 Å². The van der Waals surface area contributed by atoms with Gasteiger partial charge >= 0.3 is 0 Å². The molecular weight excluding hydrogens is 260 g/mol. The minimum atomic E-state index is -0.00487. The van der Waals surface area contributed by atoms with Crippen molar-refractivity contribution in [3.63, 3.8) is 0 Å². The van der Waals surface area contributed by atoms with Gasteiger partial charge in [0, 0.05) is 31.4 Å². The number of carbonyl (C=O) groups is 1. The van der Waals surface area contributed by atoms with E-state index in [0.717, 1.165) is 28.1 Å². The van der Waals surface area contributed by atoms with Crippen LogP contribution in [-0.2, 0) is 4.74 Å². The fraction of sp³-hybridized carbons (Fsp3) is 0.357. The van der Waals surface area contributed by atoms with Crippen LogP contribution in [0.25, 0.3) is 10.1 Å². The van der Waals surface area contributed by atoms with Gasteiger partial charge in [-0.25, -0.2) is 0 Å². The second-order valence-electron chi connectivity index (χ2n) is 4.15. The number of hydrogen-bond acceptors (Lipinski definition) is 4. The topological polar surface area (TPSA) is 50.4 Å². The molecule has 0 unspecified atom stereocenters. The van der Waals surface area contributed by atoms with Crippen LogP contribution >= 0.6 is 11.3 Å². The van der Waals surface area contributed by atoms with E-state index in [2.05, 4.69) is 10.6 Å². The van der Waals surface area contributed by atoms with Gasteiger partial charge < -0.3 is 15.4 Å². The lowest BCUT2D eigenvalue weighted by Crippen LogP contribution is -2.32. The first-order valence-corrected chi connectivity index (χ1v) is 7.09. The molecule has 0 saturated carbocycles. The van der Waals surface area contributed by atoms with E-state index in [1.807, 2.05) is 30.3 Å². The van der Waals surface area contributed by atoms with Crippen molar-refractivity contribution < 1.29 is 9.53 Å². The molecule has 1 amide bonds. The fourth-order valence-electron chi connectivity index (χ4n) is 1.74. The molecule has 1 aromatic carbocycles. The minimum Gasteiger partial charge on any atom is -0.383 e. The van der Waals surface area contributed by atoms with Gasteiger partial charge in [-0.1, -0.05) is 18.2 Å². The molecular formula is C14H18N2O2S. The van der Waals surface area contributed by atoms with Gasteiger partial charge in [0.05, 0.1) is 11.5 Å². The highest BCUT2D eigenvalue weighted by Gasteiger charge is 2.08. The van der Waals surface area contributed by atoms with Crippen molar-refractivity contribution in [1.29, 1.82) is 0 Å². The van der Waals surface area contributed by atoms with Crippen molar-refractivity contribution in [1.82, 2.24) is 10.6 Å². The molecule has 19 heavy (non-hydrogen) atoms. The van der Waals surface area contributed by atoms with Crippen LogP contribution in [0.2, 0.25) is 0 Å². The quantitative estimate of drug-likeness (QED) is 0.760. The average molecular weight is 278 g/mol. The van der Waals surface area contributed by atoms with E-state index in [4.69, 9.17) is 4.74 Å². The molecule has 2 rings (SSSR count). The van der Waals surface area contributed by atoms with Gasteiger partial charge in [0.1, 0.15) is 0 Å². The molecule has 2 aromatic rings. The van der Waals surface area contributed by atoms with Crippen molar-refractivity contribution in [3.8, 4) is 0 Å². The normalized spacial score (nSPS) is 10.8. The van der Waals surface area contributed by atoms with Gasteiger partial charge in [0.2, 0.25) is 0 Å². The lowest BCUT2D eigenvalue weighted by Gasteiger charge is -2.05. The van der Waals surface area contributed by atoms with Crippen LogP contribution in [0.15, 0.2) is 30.3 Å². The number of thiophene rings is 1. The highest BCUT2D eigenvalue weighted by Crippen LogP contribution is 2.24. The van der Waals surface area contributed by atoms with E-state index >= 15 is 0 Å². The molecule has 0 saturated heterocycles. The second kappa shape index (κ2) is 7.23. The smallest absolute Gasteiger partial charge is 0.261 e. The first-order chi connectivity index (χ1) is 9.31. The van der Waals surface area contributed by atoms with Crippen molar-refractivity contribution in [2.45, 2.75) is 0 Å². The van der Waals surface area contributed by atoms with E-state index in [9.17, 15) is 4.79 Å². The Labute approximate surface area is 116 Å². The molecule has 2 N–H and O–H groups in total. The van der Waals surface area contributed by atoms with Crippen LogP contribution < -0.4 is 10.6 Å². The van der Waals surface area contributed by atoms with E-state index in [1.165, 1.54) is 11.3 Å². The summed E-state index contributed by atoms with van der Waals surface area (Å²) in [6.07, 6.45) is 0. The molecule has 0 radical (unpaired) electrons. The predicted molar refractivity (Wildman–Crippen MR) is 78.9 cm³/mol. The summed E-state index contributed by atoms with van der Waals surface area (Å²) < 4.78 is 6.07. The summed E-state index contributed by atoms with van der Waals surface area (Å²) in [6.45, 7) is 2.86. The number of hydrogen-bond donors (Lipinski definition) is 2. The zero-order chi connectivity index (χ0) is 13.5. The molecule has 0 aliphatic heterocycles. The Morgan fingerprint density at radius 1 is 1.26 bits per heavy atom. The number of carbonyl (C=O) groups excluding carboxylic acids is 1. The summed E-state index contributed by atoms with van der Waals surface area (Å²) in [4.78, 5) is 12.7. The minimum absolute atomic E-state index is 0.00487. The van der Waals surface area contributed by atoms with Gasteiger partial charge in [0.15, 0.2) is 0 Å². The zero-order valence-corrected chi connectivity index (χ0v) is 11.8. The third-order valence-corrected chi connectivity index (χ3v) is 3.83. The Bertz CT molecular complexity index is 506. The van der Waals surface area contributed by atoms with E-state index in [-0.39, 0.29) is 5.91 Å². The first kappa shape index (κ1) is 14.0. The number of rotatable bonds is 7. The largest absolute Gasteiger partial charge is 0.383 e. The van der Waals surface area contributed by atoms with Crippen molar-refractivity contribution in [2.75, 3.05) is 33.4 Å². The lowest BCUT2D eigenvalue weighted by molar-refractivity contribution is 0.0958. The standard InChI is InChI=1S/C14H18N2O2S/c1-18-9-8-15-6-7-16-14(17)13-10-11-4-2-3-5-12(11)19-13/h2-5,10,15H,6-9H2,1H3,(H,16,17). The summed E-state index contributed by atoms with van der Waals surface area (Å²) in [5.74, 6) is -0.00487. The maximum atomic E-state index is 12.0. The Morgan fingerprint density at radius 3 is 2.89 bits per heavy atom. The molecule has 0 aliphatic rings. The molecule has 4 nitrogen and oxygen atoms in total. The average Bonchev–Trinajstić information content (AvgIpc) is 2.86. The highest BCUT2D eigenvalue weighted by molar-refractivity contribution is 7.20. The Morgan fingerprint density at radius 2 is 2.11 bits per heavy atom. The maximum Gasteiger partial charge on any atom is 0.261 e. The van der Waals surface area contributed by atoms with E-state index in [0.29, 0.717) is 13.2 Å². The number of nitrogens with one attached hydrogen (secondary N) is 2. The van der Waals surface area contributed by atoms with Crippen molar-refractivity contribution in [2.24, 2.45) is 0 Å². The third-order valence-electron chi connectivity index (χ3n) is 2.72. The number of benzene rings is 1. The summed E-state index contributed by atoms with van der Waals surface area (Å²) >= 11 is 1.52. The van der Waals surface area contributed by atoms with Crippen LogP contribution in [-0.4, -0.2) is 39.3 Å². The second-order valence-corrected chi connectivity index (χ2v) is 5.23. The molecule has 1 aromatic heterocycles. The molecule has 0 fully saturated rings.